The normalized spacial score (nSPS) is 14.4. The Morgan fingerprint density at radius 1 is 1.22 bits per heavy atom. The molecule has 0 spiro atoms. The Bertz CT molecular complexity index is 591. The topological polar surface area (TPSA) is 33.5 Å². The summed E-state index contributed by atoms with van der Waals surface area (Å²) in [5.41, 5.74) is 2.97. The zero-order valence-corrected chi connectivity index (χ0v) is 10.5. The lowest BCUT2D eigenvalue weighted by molar-refractivity contribution is 0.0734. The van der Waals surface area contributed by atoms with Crippen LogP contribution in [0.5, 0.6) is 0 Å². The van der Waals surface area contributed by atoms with Crippen LogP contribution in [0.1, 0.15) is 21.5 Å². The van der Waals surface area contributed by atoms with Gasteiger partial charge in [-0.1, -0.05) is 24.3 Å². The molecule has 0 bridgehead atoms. The molecule has 18 heavy (non-hydrogen) atoms. The maximum atomic E-state index is 12.3. The van der Waals surface area contributed by atoms with E-state index in [9.17, 15) is 4.79 Å². The summed E-state index contributed by atoms with van der Waals surface area (Å²) in [6.45, 7) is 1.36. The predicted molar refractivity (Wildman–Crippen MR) is 68.6 cm³/mol. The van der Waals surface area contributed by atoms with Crippen molar-refractivity contribution in [3.8, 4) is 0 Å². The quantitative estimate of drug-likeness (QED) is 0.790. The smallest absolute Gasteiger partial charge is 0.259 e. The molecule has 1 aliphatic rings. The van der Waals surface area contributed by atoms with Gasteiger partial charge in [0.2, 0.25) is 5.22 Å². The molecule has 3 nitrogen and oxygen atoms in total. The van der Waals surface area contributed by atoms with Gasteiger partial charge in [0, 0.05) is 13.1 Å². The number of hydrogen-bond donors (Lipinski definition) is 0. The van der Waals surface area contributed by atoms with Gasteiger partial charge in [-0.05, 0) is 35.2 Å². The molecule has 0 N–H and O–H groups in total. The van der Waals surface area contributed by atoms with E-state index in [1.807, 2.05) is 12.1 Å². The minimum Gasteiger partial charge on any atom is -0.452 e. The Kier molecular flexibility index (Phi) is 2.84. The number of rotatable bonds is 1. The Labute approximate surface area is 110 Å². The van der Waals surface area contributed by atoms with Gasteiger partial charge < -0.3 is 9.32 Å². The standard InChI is InChI=1S/C14H12ClNO2/c15-13-12(6-8-18-13)14(17)16-7-5-10-3-1-2-4-11(10)9-16/h1-4,6,8H,5,7,9H2. The second-order valence-electron chi connectivity index (χ2n) is 4.35. The fraction of sp³-hybridized carbons (Fsp3) is 0.214. The Morgan fingerprint density at radius 2 is 2.00 bits per heavy atom. The highest BCUT2D eigenvalue weighted by atomic mass is 35.5. The van der Waals surface area contributed by atoms with Gasteiger partial charge in [0.15, 0.2) is 0 Å². The zero-order valence-electron chi connectivity index (χ0n) is 9.73. The Balaban J connectivity index is 1.84. The molecule has 3 rings (SSSR count). The van der Waals surface area contributed by atoms with E-state index in [-0.39, 0.29) is 11.1 Å². The molecule has 0 atom stereocenters. The third-order valence-corrected chi connectivity index (χ3v) is 3.56. The zero-order chi connectivity index (χ0) is 12.5. The van der Waals surface area contributed by atoms with Gasteiger partial charge in [-0.15, -0.1) is 0 Å². The molecule has 0 fully saturated rings. The van der Waals surface area contributed by atoms with Gasteiger partial charge in [0.1, 0.15) is 0 Å². The number of benzene rings is 1. The first-order valence-corrected chi connectivity index (χ1v) is 6.22. The fourth-order valence-electron chi connectivity index (χ4n) is 2.29. The molecule has 1 amide bonds. The van der Waals surface area contributed by atoms with Crippen LogP contribution in [0.25, 0.3) is 0 Å². The van der Waals surface area contributed by atoms with Crippen molar-refractivity contribution < 1.29 is 9.21 Å². The van der Waals surface area contributed by atoms with E-state index in [0.717, 1.165) is 13.0 Å². The van der Waals surface area contributed by atoms with E-state index < -0.39 is 0 Å². The molecule has 1 aromatic heterocycles. The van der Waals surface area contributed by atoms with E-state index in [0.29, 0.717) is 12.1 Å². The van der Waals surface area contributed by atoms with Crippen LogP contribution in [0.3, 0.4) is 0 Å². The van der Waals surface area contributed by atoms with E-state index in [4.69, 9.17) is 16.0 Å². The number of carbonyl (C=O) groups is 1. The number of fused-ring (bicyclic) bond motifs is 1. The van der Waals surface area contributed by atoms with Crippen molar-refractivity contribution in [3.05, 3.63) is 58.5 Å². The SMILES string of the molecule is O=C(c1ccoc1Cl)N1CCc2ccccc2C1. The highest BCUT2D eigenvalue weighted by Crippen LogP contribution is 2.23. The summed E-state index contributed by atoms with van der Waals surface area (Å²) in [4.78, 5) is 14.1. The van der Waals surface area contributed by atoms with Crippen LogP contribution < -0.4 is 0 Å². The van der Waals surface area contributed by atoms with Crippen molar-refractivity contribution in [1.82, 2.24) is 4.90 Å². The van der Waals surface area contributed by atoms with Gasteiger partial charge >= 0.3 is 0 Å². The van der Waals surface area contributed by atoms with Crippen LogP contribution in [0.4, 0.5) is 0 Å². The molecule has 1 aromatic carbocycles. The molecular formula is C14H12ClNO2. The summed E-state index contributed by atoms with van der Waals surface area (Å²) in [7, 11) is 0. The first-order valence-electron chi connectivity index (χ1n) is 5.85. The maximum Gasteiger partial charge on any atom is 0.259 e. The lowest BCUT2D eigenvalue weighted by Gasteiger charge is -2.28. The number of amides is 1. The van der Waals surface area contributed by atoms with Crippen LogP contribution in [-0.2, 0) is 13.0 Å². The average molecular weight is 262 g/mol. The molecule has 92 valence electrons. The van der Waals surface area contributed by atoms with Gasteiger partial charge in [-0.2, -0.15) is 0 Å². The van der Waals surface area contributed by atoms with Crippen LogP contribution >= 0.6 is 11.6 Å². The first-order chi connectivity index (χ1) is 8.75. The van der Waals surface area contributed by atoms with Gasteiger partial charge in [0.05, 0.1) is 11.8 Å². The van der Waals surface area contributed by atoms with E-state index >= 15 is 0 Å². The molecule has 0 radical (unpaired) electrons. The predicted octanol–water partition coefficient (Wildman–Crippen LogP) is 3.13. The van der Waals surface area contributed by atoms with Crippen LogP contribution in [-0.4, -0.2) is 17.4 Å². The first kappa shape index (κ1) is 11.4. The number of hydrogen-bond acceptors (Lipinski definition) is 2. The van der Waals surface area contributed by atoms with Crippen LogP contribution in [0.15, 0.2) is 41.0 Å². The van der Waals surface area contributed by atoms with E-state index in [1.54, 1.807) is 11.0 Å². The molecule has 0 aliphatic carbocycles. The molecule has 0 saturated carbocycles. The number of carbonyl (C=O) groups excluding carboxylic acids is 1. The number of halogens is 1. The van der Waals surface area contributed by atoms with E-state index in [2.05, 4.69) is 12.1 Å². The van der Waals surface area contributed by atoms with Gasteiger partial charge in [0.25, 0.3) is 5.91 Å². The van der Waals surface area contributed by atoms with Gasteiger partial charge in [-0.25, -0.2) is 0 Å². The largest absolute Gasteiger partial charge is 0.452 e. The van der Waals surface area contributed by atoms with Gasteiger partial charge in [-0.3, -0.25) is 4.79 Å². The van der Waals surface area contributed by atoms with Crippen molar-refractivity contribution in [1.29, 1.82) is 0 Å². The van der Waals surface area contributed by atoms with Crippen molar-refractivity contribution in [2.75, 3.05) is 6.54 Å². The third-order valence-electron chi connectivity index (χ3n) is 3.27. The summed E-state index contributed by atoms with van der Waals surface area (Å²) >= 11 is 5.84. The second-order valence-corrected chi connectivity index (χ2v) is 4.70. The van der Waals surface area contributed by atoms with Crippen molar-refractivity contribution >= 4 is 17.5 Å². The van der Waals surface area contributed by atoms with Crippen LogP contribution in [0.2, 0.25) is 5.22 Å². The Hall–Kier alpha value is -1.74. The lowest BCUT2D eigenvalue weighted by atomic mass is 9.99. The minimum atomic E-state index is -0.0664. The Morgan fingerprint density at radius 3 is 2.72 bits per heavy atom. The summed E-state index contributed by atoms with van der Waals surface area (Å²) in [6.07, 6.45) is 2.32. The molecule has 1 aliphatic heterocycles. The maximum absolute atomic E-state index is 12.3. The molecule has 0 saturated heterocycles. The molecule has 2 aromatic rings. The van der Waals surface area contributed by atoms with Crippen LogP contribution in [0, 0.1) is 0 Å². The molecular weight excluding hydrogens is 250 g/mol. The summed E-state index contributed by atoms with van der Waals surface area (Å²) < 4.78 is 4.96. The third kappa shape index (κ3) is 1.91. The minimum absolute atomic E-state index is 0.0664. The second kappa shape index (κ2) is 4.50. The summed E-state index contributed by atoms with van der Waals surface area (Å²) in [6, 6.07) is 9.82. The molecule has 0 unspecified atom stereocenters. The monoisotopic (exact) mass is 261 g/mol. The van der Waals surface area contributed by atoms with Crippen molar-refractivity contribution in [2.45, 2.75) is 13.0 Å². The summed E-state index contributed by atoms with van der Waals surface area (Å²) in [5, 5.41) is 0.166. The van der Waals surface area contributed by atoms with Crippen molar-refractivity contribution in [2.24, 2.45) is 0 Å². The lowest BCUT2D eigenvalue weighted by Crippen LogP contribution is -2.35. The molecule has 4 heteroatoms. The molecule has 2 heterocycles. The fourth-order valence-corrected chi connectivity index (χ4v) is 2.48. The number of nitrogens with zero attached hydrogens (tertiary/aromatic N) is 1. The number of furan rings is 1. The van der Waals surface area contributed by atoms with E-state index in [1.165, 1.54) is 17.4 Å². The van der Waals surface area contributed by atoms with Crippen molar-refractivity contribution in [3.63, 3.8) is 0 Å². The highest BCUT2D eigenvalue weighted by molar-refractivity contribution is 6.32. The summed E-state index contributed by atoms with van der Waals surface area (Å²) in [5.74, 6) is -0.0664. The highest BCUT2D eigenvalue weighted by Gasteiger charge is 2.24. The average Bonchev–Trinajstić information content (AvgIpc) is 2.83.